The van der Waals surface area contributed by atoms with Gasteiger partial charge in [0.25, 0.3) is 5.91 Å². The summed E-state index contributed by atoms with van der Waals surface area (Å²) in [7, 11) is 5.75. The Morgan fingerprint density at radius 1 is 0.912 bits per heavy atom. The number of carbonyl (C=O) groups is 1. The molecule has 3 aromatic rings. The third-order valence-electron chi connectivity index (χ3n) is 6.31. The van der Waals surface area contributed by atoms with Gasteiger partial charge in [-0.2, -0.15) is 0 Å². The molecule has 1 saturated heterocycles. The van der Waals surface area contributed by atoms with E-state index in [2.05, 4.69) is 82.6 Å². The van der Waals surface area contributed by atoms with Crippen LogP contribution in [-0.4, -0.2) is 58.2 Å². The lowest BCUT2D eigenvalue weighted by Gasteiger charge is -2.36. The number of ether oxygens (including phenoxy) is 1. The first-order valence-corrected chi connectivity index (χ1v) is 11.8. The van der Waals surface area contributed by atoms with Crippen LogP contribution in [0.1, 0.15) is 21.5 Å². The van der Waals surface area contributed by atoms with E-state index in [9.17, 15) is 4.79 Å². The number of methoxy groups -OCH3 is 1. The largest absolute Gasteiger partial charge is 0.497 e. The molecule has 1 aliphatic rings. The Kier molecular flexibility index (Phi) is 7.70. The molecule has 0 unspecified atom stereocenters. The molecule has 1 aliphatic heterocycles. The van der Waals surface area contributed by atoms with Gasteiger partial charge in [-0.25, -0.2) is 0 Å². The number of amides is 1. The fraction of sp³-hybridized carbons (Fsp3) is 0.321. The van der Waals surface area contributed by atoms with Crippen molar-refractivity contribution in [1.82, 2.24) is 10.2 Å². The van der Waals surface area contributed by atoms with Crippen molar-refractivity contribution in [1.29, 1.82) is 0 Å². The first kappa shape index (κ1) is 23.6. The standard InChI is InChI=1S/C28H34N4O2/c1-30(2)25-11-7-22(8-12-25)21-31-15-17-32(18-16-31)26-6-4-5-23(19-26)20-29-28(33)24-9-13-27(34-3)14-10-24/h4-14,19H,15-18,20-21H2,1-3H3,(H,29,33). The number of hydrogen-bond acceptors (Lipinski definition) is 5. The third-order valence-corrected chi connectivity index (χ3v) is 6.31. The summed E-state index contributed by atoms with van der Waals surface area (Å²) in [5.74, 6) is 0.659. The molecule has 4 rings (SSSR count). The highest BCUT2D eigenvalue weighted by Gasteiger charge is 2.18. The van der Waals surface area contributed by atoms with Crippen LogP contribution in [0, 0.1) is 0 Å². The maximum atomic E-state index is 12.5. The molecule has 0 atom stereocenters. The zero-order chi connectivity index (χ0) is 23.9. The van der Waals surface area contributed by atoms with Gasteiger partial charge in [0.15, 0.2) is 0 Å². The molecular formula is C28H34N4O2. The van der Waals surface area contributed by atoms with E-state index < -0.39 is 0 Å². The first-order valence-electron chi connectivity index (χ1n) is 11.8. The predicted molar refractivity (Wildman–Crippen MR) is 139 cm³/mol. The van der Waals surface area contributed by atoms with E-state index in [0.29, 0.717) is 12.1 Å². The van der Waals surface area contributed by atoms with Crippen molar-refractivity contribution < 1.29 is 9.53 Å². The number of hydrogen-bond donors (Lipinski definition) is 1. The van der Waals surface area contributed by atoms with Gasteiger partial charge in [-0.15, -0.1) is 0 Å². The second-order valence-electron chi connectivity index (χ2n) is 8.91. The van der Waals surface area contributed by atoms with E-state index in [-0.39, 0.29) is 5.91 Å². The van der Waals surface area contributed by atoms with E-state index in [1.54, 1.807) is 31.4 Å². The van der Waals surface area contributed by atoms with E-state index in [0.717, 1.165) is 44.0 Å². The first-order chi connectivity index (χ1) is 16.5. The molecular weight excluding hydrogens is 424 g/mol. The molecule has 34 heavy (non-hydrogen) atoms. The minimum absolute atomic E-state index is 0.0831. The summed E-state index contributed by atoms with van der Waals surface area (Å²) in [6.45, 7) is 5.55. The quantitative estimate of drug-likeness (QED) is 0.553. The van der Waals surface area contributed by atoms with Gasteiger partial charge in [0.2, 0.25) is 0 Å². The molecule has 1 amide bonds. The number of rotatable bonds is 8. The third kappa shape index (κ3) is 6.08. The molecule has 1 fully saturated rings. The average Bonchev–Trinajstić information content (AvgIpc) is 2.88. The van der Waals surface area contributed by atoms with Crippen LogP contribution in [-0.2, 0) is 13.1 Å². The minimum Gasteiger partial charge on any atom is -0.497 e. The topological polar surface area (TPSA) is 48.1 Å². The molecule has 0 spiro atoms. The van der Waals surface area contributed by atoms with Crippen LogP contribution in [0.15, 0.2) is 72.8 Å². The SMILES string of the molecule is COc1ccc(C(=O)NCc2cccc(N3CCN(Cc4ccc(N(C)C)cc4)CC3)c2)cc1. The van der Waals surface area contributed by atoms with Gasteiger partial charge in [-0.05, 0) is 59.7 Å². The van der Waals surface area contributed by atoms with E-state index in [1.165, 1.54) is 16.9 Å². The van der Waals surface area contributed by atoms with E-state index >= 15 is 0 Å². The lowest BCUT2D eigenvalue weighted by atomic mass is 10.1. The number of nitrogens with zero attached hydrogens (tertiary/aromatic N) is 3. The van der Waals surface area contributed by atoms with Gasteiger partial charge < -0.3 is 19.9 Å². The molecule has 0 aliphatic carbocycles. The van der Waals surface area contributed by atoms with Crippen molar-refractivity contribution in [2.45, 2.75) is 13.1 Å². The van der Waals surface area contributed by atoms with Crippen molar-refractivity contribution >= 4 is 17.3 Å². The fourth-order valence-electron chi connectivity index (χ4n) is 4.21. The average molecular weight is 459 g/mol. The van der Waals surface area contributed by atoms with Crippen LogP contribution in [0.5, 0.6) is 5.75 Å². The van der Waals surface area contributed by atoms with Crippen LogP contribution in [0.25, 0.3) is 0 Å². The normalized spacial score (nSPS) is 14.0. The summed E-state index contributed by atoms with van der Waals surface area (Å²) in [5, 5.41) is 3.02. The second-order valence-corrected chi connectivity index (χ2v) is 8.91. The van der Waals surface area contributed by atoms with Gasteiger partial charge in [-0.1, -0.05) is 24.3 Å². The van der Waals surface area contributed by atoms with E-state index in [1.807, 2.05) is 0 Å². The summed E-state index contributed by atoms with van der Waals surface area (Å²) in [6, 6.07) is 24.5. The van der Waals surface area contributed by atoms with Gasteiger partial charge in [0.05, 0.1) is 7.11 Å². The van der Waals surface area contributed by atoms with Crippen LogP contribution < -0.4 is 19.9 Å². The highest BCUT2D eigenvalue weighted by atomic mass is 16.5. The fourth-order valence-corrected chi connectivity index (χ4v) is 4.21. The van der Waals surface area contributed by atoms with E-state index in [4.69, 9.17) is 4.74 Å². The summed E-state index contributed by atoms with van der Waals surface area (Å²) < 4.78 is 5.16. The molecule has 1 heterocycles. The van der Waals surface area contributed by atoms with Crippen LogP contribution >= 0.6 is 0 Å². The molecule has 3 aromatic carbocycles. The molecule has 0 aromatic heterocycles. The highest BCUT2D eigenvalue weighted by Crippen LogP contribution is 2.20. The van der Waals surface area contributed by atoms with Gasteiger partial charge >= 0.3 is 0 Å². The Bertz CT molecular complexity index is 1070. The van der Waals surface area contributed by atoms with Gasteiger partial charge in [-0.3, -0.25) is 9.69 Å². The summed E-state index contributed by atoms with van der Waals surface area (Å²) in [4.78, 5) is 19.5. The summed E-state index contributed by atoms with van der Waals surface area (Å²) >= 11 is 0. The molecule has 0 bridgehead atoms. The molecule has 6 heteroatoms. The lowest BCUT2D eigenvalue weighted by molar-refractivity contribution is 0.0951. The number of carbonyl (C=O) groups excluding carboxylic acids is 1. The number of nitrogens with one attached hydrogen (secondary N) is 1. The Morgan fingerprint density at radius 3 is 2.26 bits per heavy atom. The molecule has 1 N–H and O–H groups in total. The van der Waals surface area contributed by atoms with Crippen molar-refractivity contribution in [3.63, 3.8) is 0 Å². The van der Waals surface area contributed by atoms with Gasteiger partial charge in [0.1, 0.15) is 5.75 Å². The number of benzene rings is 3. The molecule has 0 radical (unpaired) electrons. The zero-order valence-electron chi connectivity index (χ0n) is 20.3. The van der Waals surface area contributed by atoms with Crippen LogP contribution in [0.2, 0.25) is 0 Å². The van der Waals surface area contributed by atoms with Crippen molar-refractivity contribution in [3.8, 4) is 5.75 Å². The van der Waals surface area contributed by atoms with Crippen molar-refractivity contribution in [3.05, 3.63) is 89.5 Å². The minimum atomic E-state index is -0.0831. The monoisotopic (exact) mass is 458 g/mol. The second kappa shape index (κ2) is 11.1. The highest BCUT2D eigenvalue weighted by molar-refractivity contribution is 5.94. The lowest BCUT2D eigenvalue weighted by Crippen LogP contribution is -2.46. The Balaban J connectivity index is 1.28. The number of anilines is 2. The molecule has 178 valence electrons. The van der Waals surface area contributed by atoms with Crippen molar-refractivity contribution in [2.24, 2.45) is 0 Å². The smallest absolute Gasteiger partial charge is 0.251 e. The Labute approximate surface area is 202 Å². The Morgan fingerprint density at radius 2 is 1.62 bits per heavy atom. The zero-order valence-corrected chi connectivity index (χ0v) is 20.3. The summed E-state index contributed by atoms with van der Waals surface area (Å²) in [5.41, 5.74) is 5.53. The van der Waals surface area contributed by atoms with Crippen LogP contribution in [0.3, 0.4) is 0 Å². The van der Waals surface area contributed by atoms with Crippen LogP contribution in [0.4, 0.5) is 11.4 Å². The Hall–Kier alpha value is -3.51. The van der Waals surface area contributed by atoms with Gasteiger partial charge in [0, 0.05) is 70.3 Å². The molecule has 6 nitrogen and oxygen atoms in total. The number of piperazine rings is 1. The maximum Gasteiger partial charge on any atom is 0.251 e. The van der Waals surface area contributed by atoms with Crippen molar-refractivity contribution in [2.75, 3.05) is 57.2 Å². The summed E-state index contributed by atoms with van der Waals surface area (Å²) in [6.07, 6.45) is 0. The predicted octanol–water partition coefficient (Wildman–Crippen LogP) is 4.01. The maximum absolute atomic E-state index is 12.5. The molecule has 0 saturated carbocycles.